The molecule has 1 rings (SSSR count). The van der Waals surface area contributed by atoms with Crippen LogP contribution in [0.4, 0.5) is 4.79 Å². The van der Waals surface area contributed by atoms with E-state index in [-0.39, 0.29) is 5.88 Å². The first kappa shape index (κ1) is 20.7. The Hall–Kier alpha value is -1.30. The van der Waals surface area contributed by atoms with E-state index in [1.807, 2.05) is 39.0 Å². The number of ether oxygens (including phenoxy) is 1. The van der Waals surface area contributed by atoms with Gasteiger partial charge in [-0.05, 0) is 32.8 Å². The topological polar surface area (TPSA) is 61.8 Å². The summed E-state index contributed by atoms with van der Waals surface area (Å²) in [7, 11) is 0. The molecule has 6 heteroatoms. The van der Waals surface area contributed by atoms with Crippen LogP contribution in [0.5, 0.6) is 0 Å². The molecule has 0 aliphatic rings. The average molecular weight is 357 g/mol. The summed E-state index contributed by atoms with van der Waals surface area (Å²) in [4.78, 5) is 13.8. The fourth-order valence-corrected chi connectivity index (χ4v) is 2.33. The first-order valence-electron chi connectivity index (χ1n) is 8.27. The van der Waals surface area contributed by atoms with Gasteiger partial charge in [-0.25, -0.2) is 4.79 Å². The van der Waals surface area contributed by atoms with Crippen molar-refractivity contribution in [2.75, 3.05) is 25.5 Å². The third-order valence-electron chi connectivity index (χ3n) is 3.22. The van der Waals surface area contributed by atoms with E-state index in [0.717, 1.165) is 19.5 Å². The van der Waals surface area contributed by atoms with Crippen LogP contribution in [0.1, 0.15) is 32.8 Å². The van der Waals surface area contributed by atoms with E-state index in [9.17, 15) is 9.90 Å². The van der Waals surface area contributed by atoms with Gasteiger partial charge in [0, 0.05) is 32.1 Å². The number of nitrogens with one attached hydrogen (secondary N) is 1. The molecule has 1 aromatic rings. The molecule has 1 aromatic carbocycles. The van der Waals surface area contributed by atoms with E-state index in [0.29, 0.717) is 13.1 Å². The van der Waals surface area contributed by atoms with Gasteiger partial charge in [0.2, 0.25) is 0 Å². The van der Waals surface area contributed by atoms with Gasteiger partial charge in [0.1, 0.15) is 5.60 Å². The van der Waals surface area contributed by atoms with Gasteiger partial charge in [-0.2, -0.15) is 0 Å². The number of carbonyl (C=O) groups excluding carboxylic acids is 1. The van der Waals surface area contributed by atoms with E-state index < -0.39 is 17.8 Å². The summed E-state index contributed by atoms with van der Waals surface area (Å²) in [5, 5.41) is 12.6. The van der Waals surface area contributed by atoms with Crippen molar-refractivity contribution in [2.24, 2.45) is 0 Å². The van der Waals surface area contributed by atoms with Gasteiger partial charge in [-0.15, -0.1) is 11.6 Å². The Morgan fingerprint density at radius 1 is 1.33 bits per heavy atom. The number of aliphatic hydroxyl groups excluding tert-OH is 1. The molecule has 0 saturated carbocycles. The zero-order chi connectivity index (χ0) is 18.0. The summed E-state index contributed by atoms with van der Waals surface area (Å²) in [5.74, 6) is 0.210. The lowest BCUT2D eigenvalue weighted by molar-refractivity contribution is 0.0523. The van der Waals surface area contributed by atoms with Crippen molar-refractivity contribution in [3.05, 3.63) is 35.9 Å². The lowest BCUT2D eigenvalue weighted by atomic mass is 10.2. The Kier molecular flexibility index (Phi) is 9.11. The molecule has 136 valence electrons. The molecule has 0 spiro atoms. The van der Waals surface area contributed by atoms with Gasteiger partial charge >= 0.3 is 6.09 Å². The summed E-state index contributed by atoms with van der Waals surface area (Å²) < 4.78 is 5.20. The number of alkyl carbamates (subject to hydrolysis) is 1. The molecule has 0 aromatic heterocycles. The number of carbonyl (C=O) groups is 1. The van der Waals surface area contributed by atoms with Crippen LogP contribution in [0.3, 0.4) is 0 Å². The van der Waals surface area contributed by atoms with Gasteiger partial charge in [0.25, 0.3) is 0 Å². The molecule has 0 unspecified atom stereocenters. The minimum absolute atomic E-state index is 0.210. The number of alkyl halides is 1. The third-order valence-corrected chi connectivity index (χ3v) is 3.57. The van der Waals surface area contributed by atoms with E-state index >= 15 is 0 Å². The van der Waals surface area contributed by atoms with E-state index in [4.69, 9.17) is 16.3 Å². The fraction of sp³-hybridized carbons (Fsp3) is 0.611. The van der Waals surface area contributed by atoms with Crippen LogP contribution in [0, 0.1) is 0 Å². The normalized spacial score (nSPS) is 12.9. The lowest BCUT2D eigenvalue weighted by Gasteiger charge is -2.25. The largest absolute Gasteiger partial charge is 0.444 e. The first-order valence-corrected chi connectivity index (χ1v) is 8.81. The van der Waals surface area contributed by atoms with Crippen LogP contribution >= 0.6 is 11.6 Å². The molecule has 0 aliphatic carbocycles. The van der Waals surface area contributed by atoms with Gasteiger partial charge in [-0.1, -0.05) is 30.3 Å². The maximum atomic E-state index is 11.6. The van der Waals surface area contributed by atoms with Gasteiger partial charge < -0.3 is 15.2 Å². The molecule has 0 heterocycles. The van der Waals surface area contributed by atoms with Crippen molar-refractivity contribution in [3.8, 4) is 0 Å². The van der Waals surface area contributed by atoms with Crippen molar-refractivity contribution < 1.29 is 14.6 Å². The number of rotatable bonds is 9. The monoisotopic (exact) mass is 356 g/mol. The third kappa shape index (κ3) is 9.75. The Morgan fingerprint density at radius 3 is 2.58 bits per heavy atom. The predicted octanol–water partition coefficient (Wildman–Crippen LogP) is 3.00. The summed E-state index contributed by atoms with van der Waals surface area (Å²) in [6.07, 6.45) is -0.201. The van der Waals surface area contributed by atoms with Crippen molar-refractivity contribution in [1.82, 2.24) is 10.2 Å². The molecular formula is C18H29ClN2O3. The number of nitrogens with zero attached hydrogens (tertiary/aromatic N) is 1. The van der Waals surface area contributed by atoms with Crippen LogP contribution in [-0.2, 0) is 11.3 Å². The highest BCUT2D eigenvalue weighted by molar-refractivity contribution is 6.18. The second-order valence-electron chi connectivity index (χ2n) is 6.81. The Labute approximate surface area is 149 Å². The standard InChI is InChI=1S/C18H29ClN2O3/c1-18(2,3)24-17(23)20-10-7-11-21(14-16(22)12-19)13-15-8-5-4-6-9-15/h4-6,8-9,16,22H,7,10-14H2,1-3H3,(H,20,23)/t16-/m0/s1. The molecule has 2 N–H and O–H groups in total. The molecule has 0 bridgehead atoms. The van der Waals surface area contributed by atoms with Crippen LogP contribution in [-0.4, -0.2) is 53.3 Å². The zero-order valence-corrected chi connectivity index (χ0v) is 15.6. The van der Waals surface area contributed by atoms with Gasteiger partial charge in [-0.3, -0.25) is 4.90 Å². The number of aliphatic hydroxyl groups is 1. The minimum atomic E-state index is -0.561. The molecular weight excluding hydrogens is 328 g/mol. The van der Waals surface area contributed by atoms with Crippen LogP contribution in [0.15, 0.2) is 30.3 Å². The number of benzene rings is 1. The quantitative estimate of drug-likeness (QED) is 0.527. The maximum absolute atomic E-state index is 11.6. The smallest absolute Gasteiger partial charge is 0.407 e. The zero-order valence-electron chi connectivity index (χ0n) is 14.8. The molecule has 5 nitrogen and oxygen atoms in total. The summed E-state index contributed by atoms with van der Waals surface area (Å²) in [6.45, 7) is 8.02. The van der Waals surface area contributed by atoms with E-state index in [2.05, 4.69) is 22.3 Å². The van der Waals surface area contributed by atoms with Crippen molar-refractivity contribution >= 4 is 17.7 Å². The number of halogens is 1. The highest BCUT2D eigenvalue weighted by atomic mass is 35.5. The Bertz CT molecular complexity index is 477. The van der Waals surface area contributed by atoms with Gasteiger partial charge in [0.05, 0.1) is 6.10 Å². The van der Waals surface area contributed by atoms with Crippen LogP contribution in [0.25, 0.3) is 0 Å². The molecule has 0 saturated heterocycles. The summed E-state index contributed by atoms with van der Waals surface area (Å²) in [6, 6.07) is 10.1. The number of amides is 1. The fourth-order valence-electron chi connectivity index (χ4n) is 2.23. The first-order chi connectivity index (χ1) is 11.3. The van der Waals surface area contributed by atoms with Crippen molar-refractivity contribution in [3.63, 3.8) is 0 Å². The molecule has 0 radical (unpaired) electrons. The van der Waals surface area contributed by atoms with Crippen LogP contribution in [0.2, 0.25) is 0 Å². The van der Waals surface area contributed by atoms with Crippen molar-refractivity contribution in [2.45, 2.75) is 45.4 Å². The predicted molar refractivity (Wildman–Crippen MR) is 97.3 cm³/mol. The Balaban J connectivity index is 2.40. The lowest BCUT2D eigenvalue weighted by Crippen LogP contribution is -2.36. The highest BCUT2D eigenvalue weighted by Gasteiger charge is 2.16. The molecule has 0 aliphatic heterocycles. The van der Waals surface area contributed by atoms with Crippen LogP contribution < -0.4 is 5.32 Å². The van der Waals surface area contributed by atoms with E-state index in [1.54, 1.807) is 0 Å². The maximum Gasteiger partial charge on any atom is 0.407 e. The molecule has 1 atom stereocenters. The molecule has 24 heavy (non-hydrogen) atoms. The number of hydrogen-bond acceptors (Lipinski definition) is 4. The van der Waals surface area contributed by atoms with E-state index in [1.165, 1.54) is 5.56 Å². The highest BCUT2D eigenvalue weighted by Crippen LogP contribution is 2.08. The second-order valence-corrected chi connectivity index (χ2v) is 7.12. The van der Waals surface area contributed by atoms with Crippen molar-refractivity contribution in [1.29, 1.82) is 0 Å². The summed E-state index contributed by atoms with van der Waals surface area (Å²) >= 11 is 5.71. The average Bonchev–Trinajstić information content (AvgIpc) is 2.50. The second kappa shape index (κ2) is 10.5. The molecule has 1 amide bonds. The molecule has 0 fully saturated rings. The minimum Gasteiger partial charge on any atom is -0.444 e. The SMILES string of the molecule is CC(C)(C)OC(=O)NCCCN(Cc1ccccc1)C[C@@H](O)CCl. The number of hydrogen-bond donors (Lipinski definition) is 2. The van der Waals surface area contributed by atoms with Gasteiger partial charge in [0.15, 0.2) is 0 Å². The summed E-state index contributed by atoms with van der Waals surface area (Å²) in [5.41, 5.74) is 0.688. The Morgan fingerprint density at radius 2 is 2.00 bits per heavy atom.